The molecule has 0 saturated carbocycles. The molecule has 5 nitrogen and oxygen atoms in total. The van der Waals surface area contributed by atoms with Crippen LogP contribution in [0.4, 0.5) is 0 Å². The topological polar surface area (TPSA) is 63.7 Å². The van der Waals surface area contributed by atoms with Crippen molar-refractivity contribution in [3.63, 3.8) is 0 Å². The van der Waals surface area contributed by atoms with Gasteiger partial charge in [-0.1, -0.05) is 43.3 Å². The Morgan fingerprint density at radius 3 is 2.04 bits per heavy atom. The number of hydrogen-bond acceptors (Lipinski definition) is 4. The van der Waals surface area contributed by atoms with Gasteiger partial charge in [-0.2, -0.15) is 0 Å². The normalized spacial score (nSPS) is 14.4. The van der Waals surface area contributed by atoms with Crippen molar-refractivity contribution >= 4 is 17.8 Å². The zero-order chi connectivity index (χ0) is 18.0. The van der Waals surface area contributed by atoms with Crippen LogP contribution in [-0.2, 0) is 16.0 Å². The van der Waals surface area contributed by atoms with Crippen molar-refractivity contribution in [1.29, 1.82) is 0 Å². The summed E-state index contributed by atoms with van der Waals surface area (Å²) in [4.78, 5) is 38.5. The molecule has 0 N–H and O–H groups in total. The molecule has 1 unspecified atom stereocenters. The second-order valence-electron chi connectivity index (χ2n) is 5.94. The Hall–Kier alpha value is -2.95. The number of carbonyl (C=O) groups excluding carboxylic acids is 3. The number of amides is 2. The minimum Gasteiger partial charge on any atom is -0.468 e. The summed E-state index contributed by atoms with van der Waals surface area (Å²) in [6, 6.07) is 14.2. The van der Waals surface area contributed by atoms with Crippen molar-refractivity contribution < 1.29 is 19.1 Å². The molecule has 0 radical (unpaired) electrons. The smallest absolute Gasteiger partial charge is 0.314 e. The maximum Gasteiger partial charge on any atom is 0.314 e. The Labute approximate surface area is 146 Å². The summed E-state index contributed by atoms with van der Waals surface area (Å²) in [6.45, 7) is 2.01. The fourth-order valence-corrected chi connectivity index (χ4v) is 3.03. The van der Waals surface area contributed by atoms with Crippen molar-refractivity contribution in [2.24, 2.45) is 0 Å². The molecule has 3 rings (SSSR count). The van der Waals surface area contributed by atoms with Crippen LogP contribution in [0.3, 0.4) is 0 Å². The third kappa shape index (κ3) is 3.05. The molecule has 0 saturated heterocycles. The Kier molecular flexibility index (Phi) is 4.65. The van der Waals surface area contributed by atoms with Crippen LogP contribution in [0, 0.1) is 0 Å². The number of ether oxygens (including phenoxy) is 1. The number of carbonyl (C=O) groups is 3. The molecule has 0 bridgehead atoms. The lowest BCUT2D eigenvalue weighted by Crippen LogP contribution is -2.36. The Bertz CT molecular complexity index is 791. The average Bonchev–Trinajstić information content (AvgIpc) is 2.90. The lowest BCUT2D eigenvalue weighted by molar-refractivity contribution is -0.142. The Balaban J connectivity index is 1.90. The summed E-state index contributed by atoms with van der Waals surface area (Å²) in [5.41, 5.74) is 2.61. The van der Waals surface area contributed by atoms with E-state index in [0.29, 0.717) is 11.1 Å². The third-order valence-electron chi connectivity index (χ3n) is 4.52. The van der Waals surface area contributed by atoms with E-state index >= 15 is 0 Å². The van der Waals surface area contributed by atoms with Crippen LogP contribution in [0.2, 0.25) is 0 Å². The first kappa shape index (κ1) is 16.9. The number of esters is 1. The molecule has 2 aromatic carbocycles. The van der Waals surface area contributed by atoms with Gasteiger partial charge in [0, 0.05) is 6.54 Å². The van der Waals surface area contributed by atoms with E-state index in [1.807, 2.05) is 31.2 Å². The molecule has 2 aromatic rings. The maximum absolute atomic E-state index is 12.5. The first-order chi connectivity index (χ1) is 12.1. The maximum atomic E-state index is 12.5. The molecule has 0 aliphatic carbocycles. The molecule has 128 valence electrons. The van der Waals surface area contributed by atoms with E-state index in [1.165, 1.54) is 7.11 Å². The second kappa shape index (κ2) is 6.89. The lowest BCUT2D eigenvalue weighted by atomic mass is 9.97. The number of hydrogen-bond donors (Lipinski definition) is 0. The Morgan fingerprint density at radius 1 is 1.00 bits per heavy atom. The molecule has 1 aliphatic heterocycles. The highest BCUT2D eigenvalue weighted by Gasteiger charge is 2.38. The van der Waals surface area contributed by atoms with E-state index in [9.17, 15) is 14.4 Å². The van der Waals surface area contributed by atoms with Crippen molar-refractivity contribution in [1.82, 2.24) is 4.90 Å². The summed E-state index contributed by atoms with van der Waals surface area (Å²) < 4.78 is 4.89. The minimum atomic E-state index is -0.710. The van der Waals surface area contributed by atoms with Gasteiger partial charge < -0.3 is 4.74 Å². The zero-order valence-electron chi connectivity index (χ0n) is 14.2. The van der Waals surface area contributed by atoms with Crippen LogP contribution in [0.15, 0.2) is 48.5 Å². The van der Waals surface area contributed by atoms with E-state index < -0.39 is 11.9 Å². The van der Waals surface area contributed by atoms with Crippen LogP contribution in [0.5, 0.6) is 0 Å². The highest BCUT2D eigenvalue weighted by Crippen LogP contribution is 2.27. The van der Waals surface area contributed by atoms with Gasteiger partial charge in [0.25, 0.3) is 11.8 Å². The Morgan fingerprint density at radius 2 is 1.56 bits per heavy atom. The summed E-state index contributed by atoms with van der Waals surface area (Å²) >= 11 is 0. The highest BCUT2D eigenvalue weighted by molar-refractivity contribution is 6.21. The van der Waals surface area contributed by atoms with Crippen LogP contribution < -0.4 is 0 Å². The molecular weight excluding hydrogens is 318 g/mol. The lowest BCUT2D eigenvalue weighted by Gasteiger charge is -2.21. The van der Waals surface area contributed by atoms with E-state index in [0.717, 1.165) is 22.4 Å². The molecule has 0 aromatic heterocycles. The van der Waals surface area contributed by atoms with Gasteiger partial charge in [-0.15, -0.1) is 0 Å². The summed E-state index contributed by atoms with van der Waals surface area (Å²) in [6.07, 6.45) is 0.890. The van der Waals surface area contributed by atoms with Crippen LogP contribution >= 0.6 is 0 Å². The first-order valence-corrected chi connectivity index (χ1v) is 8.18. The van der Waals surface area contributed by atoms with Gasteiger partial charge in [0.05, 0.1) is 24.2 Å². The van der Waals surface area contributed by atoms with Crippen molar-refractivity contribution in [2.75, 3.05) is 13.7 Å². The largest absolute Gasteiger partial charge is 0.468 e. The molecule has 0 spiro atoms. The van der Waals surface area contributed by atoms with Gasteiger partial charge in [0.15, 0.2) is 0 Å². The molecule has 1 heterocycles. The quantitative estimate of drug-likeness (QED) is 0.622. The van der Waals surface area contributed by atoms with Gasteiger partial charge in [-0.05, 0) is 29.7 Å². The van der Waals surface area contributed by atoms with Gasteiger partial charge in [-0.25, -0.2) is 0 Å². The van der Waals surface area contributed by atoms with E-state index in [2.05, 4.69) is 0 Å². The van der Waals surface area contributed by atoms with E-state index in [1.54, 1.807) is 24.3 Å². The summed E-state index contributed by atoms with van der Waals surface area (Å²) in [5, 5.41) is 0. The standard InChI is InChI=1S/C20H19NO4/c1-3-13-8-10-14(11-9-13)17(20(24)25-2)12-21-18(22)15-6-4-5-7-16(15)19(21)23/h4-11,17H,3,12H2,1-2H3. The van der Waals surface area contributed by atoms with Crippen molar-refractivity contribution in [2.45, 2.75) is 19.3 Å². The summed E-state index contributed by atoms with van der Waals surface area (Å²) in [7, 11) is 1.30. The predicted molar refractivity (Wildman–Crippen MR) is 92.4 cm³/mol. The van der Waals surface area contributed by atoms with Gasteiger partial charge in [0.1, 0.15) is 0 Å². The minimum absolute atomic E-state index is 0.0372. The van der Waals surface area contributed by atoms with Crippen LogP contribution in [0.1, 0.15) is 44.7 Å². The predicted octanol–water partition coefficient (Wildman–Crippen LogP) is 2.80. The van der Waals surface area contributed by atoms with Crippen LogP contribution in [-0.4, -0.2) is 36.3 Å². The van der Waals surface area contributed by atoms with Gasteiger partial charge in [0.2, 0.25) is 0 Å². The van der Waals surface area contributed by atoms with Gasteiger partial charge in [-0.3, -0.25) is 19.3 Å². The molecule has 2 amide bonds. The third-order valence-corrected chi connectivity index (χ3v) is 4.52. The highest BCUT2D eigenvalue weighted by atomic mass is 16.5. The molecule has 5 heteroatoms. The SMILES string of the molecule is CCc1ccc(C(CN2C(=O)c3ccccc3C2=O)C(=O)OC)cc1. The number of aryl methyl sites for hydroxylation is 1. The number of rotatable bonds is 5. The average molecular weight is 337 g/mol. The zero-order valence-corrected chi connectivity index (χ0v) is 14.2. The summed E-state index contributed by atoms with van der Waals surface area (Å²) in [5.74, 6) is -1.93. The number of benzene rings is 2. The molecule has 1 atom stereocenters. The second-order valence-corrected chi connectivity index (χ2v) is 5.94. The van der Waals surface area contributed by atoms with E-state index in [-0.39, 0.29) is 18.4 Å². The van der Waals surface area contributed by atoms with Gasteiger partial charge >= 0.3 is 5.97 Å². The van der Waals surface area contributed by atoms with Crippen molar-refractivity contribution in [3.8, 4) is 0 Å². The number of imide groups is 1. The molecule has 25 heavy (non-hydrogen) atoms. The molecule has 0 fully saturated rings. The van der Waals surface area contributed by atoms with Crippen molar-refractivity contribution in [3.05, 3.63) is 70.8 Å². The first-order valence-electron chi connectivity index (χ1n) is 8.18. The fraction of sp³-hybridized carbons (Fsp3) is 0.250. The number of methoxy groups -OCH3 is 1. The van der Waals surface area contributed by atoms with E-state index in [4.69, 9.17) is 4.74 Å². The number of fused-ring (bicyclic) bond motifs is 1. The van der Waals surface area contributed by atoms with Crippen LogP contribution in [0.25, 0.3) is 0 Å². The fourth-order valence-electron chi connectivity index (χ4n) is 3.03. The molecule has 1 aliphatic rings. The monoisotopic (exact) mass is 337 g/mol. The number of nitrogens with zero attached hydrogens (tertiary/aromatic N) is 1. The molecular formula is C20H19NO4.